The molecule has 78 valence electrons. The topological polar surface area (TPSA) is 54.4 Å². The SMILES string of the molecule is O=C(NC1=NCCS1)c1ccnc(Cl)c1. The van der Waals surface area contributed by atoms with E-state index in [9.17, 15) is 4.79 Å². The Hall–Kier alpha value is -1.07. The fourth-order valence-corrected chi connectivity index (χ4v) is 2.02. The maximum atomic E-state index is 11.7. The van der Waals surface area contributed by atoms with Gasteiger partial charge in [-0.2, -0.15) is 0 Å². The molecule has 0 saturated carbocycles. The predicted molar refractivity (Wildman–Crippen MR) is 61.5 cm³/mol. The van der Waals surface area contributed by atoms with Gasteiger partial charge in [-0.1, -0.05) is 23.4 Å². The predicted octanol–water partition coefficient (Wildman–Crippen LogP) is 1.57. The highest BCUT2D eigenvalue weighted by molar-refractivity contribution is 8.14. The van der Waals surface area contributed by atoms with E-state index in [0.29, 0.717) is 15.9 Å². The van der Waals surface area contributed by atoms with Crippen molar-refractivity contribution >= 4 is 34.4 Å². The van der Waals surface area contributed by atoms with Crippen molar-refractivity contribution in [2.45, 2.75) is 0 Å². The molecule has 1 aromatic heterocycles. The number of halogens is 1. The average molecular weight is 242 g/mol. The van der Waals surface area contributed by atoms with Crippen LogP contribution in [0.15, 0.2) is 23.3 Å². The van der Waals surface area contributed by atoms with Gasteiger partial charge in [-0.25, -0.2) is 4.98 Å². The number of rotatable bonds is 1. The molecule has 0 aromatic carbocycles. The molecule has 4 nitrogen and oxygen atoms in total. The second kappa shape index (κ2) is 4.63. The molecule has 1 aliphatic rings. The molecule has 2 heterocycles. The largest absolute Gasteiger partial charge is 0.301 e. The summed E-state index contributed by atoms with van der Waals surface area (Å²) in [7, 11) is 0. The lowest BCUT2D eigenvalue weighted by Crippen LogP contribution is -2.27. The Balaban J connectivity index is 2.07. The zero-order valence-corrected chi connectivity index (χ0v) is 9.31. The van der Waals surface area contributed by atoms with E-state index in [0.717, 1.165) is 12.3 Å². The number of nitrogens with zero attached hydrogens (tertiary/aromatic N) is 2. The van der Waals surface area contributed by atoms with Gasteiger partial charge in [0.05, 0.1) is 6.54 Å². The van der Waals surface area contributed by atoms with Gasteiger partial charge in [-0.15, -0.1) is 0 Å². The van der Waals surface area contributed by atoms with Crippen LogP contribution in [0.1, 0.15) is 10.4 Å². The maximum absolute atomic E-state index is 11.7. The Morgan fingerprint density at radius 2 is 2.47 bits per heavy atom. The summed E-state index contributed by atoms with van der Waals surface area (Å²) >= 11 is 7.22. The van der Waals surface area contributed by atoms with E-state index in [1.165, 1.54) is 24.0 Å². The third-order valence-corrected chi connectivity index (χ3v) is 2.89. The van der Waals surface area contributed by atoms with Crippen LogP contribution >= 0.6 is 23.4 Å². The number of nitrogens with one attached hydrogen (secondary N) is 1. The zero-order valence-electron chi connectivity index (χ0n) is 7.74. The van der Waals surface area contributed by atoms with E-state index in [1.807, 2.05) is 0 Å². The highest BCUT2D eigenvalue weighted by Gasteiger charge is 2.12. The van der Waals surface area contributed by atoms with E-state index in [1.54, 1.807) is 6.07 Å². The summed E-state index contributed by atoms with van der Waals surface area (Å²) in [5.74, 6) is 0.722. The molecule has 1 aliphatic heterocycles. The minimum absolute atomic E-state index is 0.201. The summed E-state index contributed by atoms with van der Waals surface area (Å²) in [5.41, 5.74) is 0.491. The lowest BCUT2D eigenvalue weighted by atomic mass is 10.2. The maximum Gasteiger partial charge on any atom is 0.257 e. The first-order chi connectivity index (χ1) is 7.25. The number of pyridine rings is 1. The van der Waals surface area contributed by atoms with Crippen LogP contribution in [-0.4, -0.2) is 28.4 Å². The van der Waals surface area contributed by atoms with Gasteiger partial charge in [-0.05, 0) is 12.1 Å². The van der Waals surface area contributed by atoms with Crippen molar-refractivity contribution in [2.75, 3.05) is 12.3 Å². The molecular formula is C9H8ClN3OS. The molecular weight excluding hydrogens is 234 g/mol. The number of carbonyl (C=O) groups excluding carboxylic acids is 1. The van der Waals surface area contributed by atoms with E-state index in [4.69, 9.17) is 11.6 Å². The molecule has 0 spiro atoms. The van der Waals surface area contributed by atoms with Gasteiger partial charge < -0.3 is 5.32 Å². The molecule has 1 aromatic rings. The molecule has 0 bridgehead atoms. The van der Waals surface area contributed by atoms with Crippen molar-refractivity contribution in [3.63, 3.8) is 0 Å². The molecule has 0 aliphatic carbocycles. The third-order valence-electron chi connectivity index (χ3n) is 1.79. The molecule has 2 rings (SSSR count). The molecule has 0 radical (unpaired) electrons. The first kappa shape index (κ1) is 10.4. The highest BCUT2D eigenvalue weighted by atomic mass is 35.5. The number of aromatic nitrogens is 1. The zero-order chi connectivity index (χ0) is 10.7. The van der Waals surface area contributed by atoms with E-state index < -0.39 is 0 Å². The van der Waals surface area contributed by atoms with Crippen LogP contribution in [0.25, 0.3) is 0 Å². The van der Waals surface area contributed by atoms with Crippen molar-refractivity contribution in [2.24, 2.45) is 4.99 Å². The molecule has 0 unspecified atom stereocenters. The number of amides is 1. The van der Waals surface area contributed by atoms with Gasteiger partial charge in [0.2, 0.25) is 0 Å². The smallest absolute Gasteiger partial charge is 0.257 e. The fourth-order valence-electron chi connectivity index (χ4n) is 1.12. The lowest BCUT2D eigenvalue weighted by Gasteiger charge is -2.03. The molecule has 0 atom stereocenters. The molecule has 1 N–H and O–H groups in total. The lowest BCUT2D eigenvalue weighted by molar-refractivity contribution is 0.0978. The second-order valence-corrected chi connectivity index (χ2v) is 4.33. The normalized spacial score (nSPS) is 14.9. The standard InChI is InChI=1S/C9H8ClN3OS/c10-7-5-6(1-2-11-7)8(14)13-9-12-3-4-15-9/h1-2,5H,3-4H2,(H,12,13,14). The molecule has 15 heavy (non-hydrogen) atoms. The molecule has 1 amide bonds. The van der Waals surface area contributed by atoms with Crippen molar-refractivity contribution < 1.29 is 4.79 Å². The minimum atomic E-state index is -0.201. The number of amidine groups is 1. The Kier molecular flexibility index (Phi) is 3.23. The summed E-state index contributed by atoms with van der Waals surface area (Å²) in [4.78, 5) is 19.6. The van der Waals surface area contributed by atoms with E-state index in [-0.39, 0.29) is 5.91 Å². The Bertz CT molecular complexity index is 422. The summed E-state index contributed by atoms with van der Waals surface area (Å²) in [6.07, 6.45) is 1.50. The fraction of sp³-hybridized carbons (Fsp3) is 0.222. The van der Waals surface area contributed by atoms with Gasteiger partial charge in [0.15, 0.2) is 5.17 Å². The number of carbonyl (C=O) groups is 1. The van der Waals surface area contributed by atoms with Crippen molar-refractivity contribution in [3.05, 3.63) is 29.0 Å². The molecule has 6 heteroatoms. The quantitative estimate of drug-likeness (QED) is 0.760. The summed E-state index contributed by atoms with van der Waals surface area (Å²) in [5, 5.41) is 3.69. The average Bonchev–Trinajstić information content (AvgIpc) is 2.70. The number of hydrogen-bond donors (Lipinski definition) is 1. The number of aliphatic imine (C=N–C) groups is 1. The van der Waals surface area contributed by atoms with E-state index >= 15 is 0 Å². The first-order valence-electron chi connectivity index (χ1n) is 4.36. The Labute approximate surface area is 96.1 Å². The third kappa shape index (κ3) is 2.70. The Morgan fingerprint density at radius 1 is 1.60 bits per heavy atom. The van der Waals surface area contributed by atoms with Gasteiger partial charge in [-0.3, -0.25) is 9.79 Å². The van der Waals surface area contributed by atoms with Crippen molar-refractivity contribution in [3.8, 4) is 0 Å². The Morgan fingerprint density at radius 3 is 3.13 bits per heavy atom. The molecule has 0 saturated heterocycles. The van der Waals surface area contributed by atoms with Crippen LogP contribution in [0.2, 0.25) is 5.15 Å². The van der Waals surface area contributed by atoms with Crippen LogP contribution in [0.4, 0.5) is 0 Å². The van der Waals surface area contributed by atoms with E-state index in [2.05, 4.69) is 15.3 Å². The first-order valence-corrected chi connectivity index (χ1v) is 5.72. The van der Waals surface area contributed by atoms with Crippen LogP contribution < -0.4 is 5.32 Å². The number of thioether (sulfide) groups is 1. The van der Waals surface area contributed by atoms with Gasteiger partial charge in [0.1, 0.15) is 5.15 Å². The summed E-state index contributed by atoms with van der Waals surface area (Å²) in [6, 6.07) is 3.14. The van der Waals surface area contributed by atoms with Gasteiger partial charge >= 0.3 is 0 Å². The number of hydrogen-bond acceptors (Lipinski definition) is 4. The molecule has 0 fully saturated rings. The highest BCUT2D eigenvalue weighted by Crippen LogP contribution is 2.11. The minimum Gasteiger partial charge on any atom is -0.301 e. The monoisotopic (exact) mass is 241 g/mol. The van der Waals surface area contributed by atoms with Gasteiger partial charge in [0.25, 0.3) is 5.91 Å². The van der Waals surface area contributed by atoms with Crippen molar-refractivity contribution in [1.82, 2.24) is 10.3 Å². The van der Waals surface area contributed by atoms with Crippen LogP contribution in [0, 0.1) is 0 Å². The van der Waals surface area contributed by atoms with Crippen LogP contribution in [-0.2, 0) is 0 Å². The van der Waals surface area contributed by atoms with Crippen molar-refractivity contribution in [1.29, 1.82) is 0 Å². The second-order valence-electron chi connectivity index (χ2n) is 2.86. The van der Waals surface area contributed by atoms with Crippen LogP contribution in [0.3, 0.4) is 0 Å². The summed E-state index contributed by atoms with van der Waals surface area (Å²) in [6.45, 7) is 0.761. The summed E-state index contributed by atoms with van der Waals surface area (Å²) < 4.78 is 0. The van der Waals surface area contributed by atoms with Gasteiger partial charge in [0, 0.05) is 17.5 Å². The van der Waals surface area contributed by atoms with Crippen LogP contribution in [0.5, 0.6) is 0 Å².